The molecule has 2 heterocycles. The smallest absolute Gasteiger partial charge is 0.268 e. The van der Waals surface area contributed by atoms with E-state index in [2.05, 4.69) is 10.3 Å². The van der Waals surface area contributed by atoms with Crippen LogP contribution in [0.2, 0.25) is 0 Å². The van der Waals surface area contributed by atoms with Crippen LogP contribution in [0, 0.1) is 0 Å². The molecule has 1 amide bonds. The Morgan fingerprint density at radius 2 is 2.03 bits per heavy atom. The van der Waals surface area contributed by atoms with Crippen LogP contribution in [-0.4, -0.2) is 47.5 Å². The summed E-state index contributed by atoms with van der Waals surface area (Å²) in [4.78, 5) is 16.5. The van der Waals surface area contributed by atoms with Gasteiger partial charge in [0.2, 0.25) is 10.0 Å². The molecule has 0 aliphatic carbocycles. The highest BCUT2D eigenvalue weighted by molar-refractivity contribution is 7.89. The fourth-order valence-corrected chi connectivity index (χ4v) is 4.78. The van der Waals surface area contributed by atoms with Gasteiger partial charge in [-0.05, 0) is 57.5 Å². The third-order valence-electron chi connectivity index (χ3n) is 4.80. The Balaban J connectivity index is 1.98. The first kappa shape index (κ1) is 21.2. The van der Waals surface area contributed by atoms with Crippen molar-refractivity contribution in [1.82, 2.24) is 9.29 Å². The predicted molar refractivity (Wildman–Crippen MR) is 108 cm³/mol. The van der Waals surface area contributed by atoms with Crippen molar-refractivity contribution in [2.75, 3.05) is 18.5 Å². The van der Waals surface area contributed by atoms with E-state index in [1.165, 1.54) is 16.4 Å². The third kappa shape index (κ3) is 4.26. The summed E-state index contributed by atoms with van der Waals surface area (Å²) in [5.41, 5.74) is -0.123. The van der Waals surface area contributed by atoms with Crippen molar-refractivity contribution in [2.24, 2.45) is 0 Å². The van der Waals surface area contributed by atoms with E-state index < -0.39 is 21.7 Å². The number of hydrogen-bond donors (Lipinski definition) is 2. The first-order chi connectivity index (χ1) is 13.7. The molecule has 1 aliphatic heterocycles. The Labute approximate surface area is 170 Å². The van der Waals surface area contributed by atoms with E-state index in [-0.39, 0.29) is 30.4 Å². The van der Waals surface area contributed by atoms with Gasteiger partial charge in [-0.1, -0.05) is 6.07 Å². The molecule has 1 aromatic carbocycles. The number of amides is 1. The van der Waals surface area contributed by atoms with Gasteiger partial charge >= 0.3 is 0 Å². The minimum atomic E-state index is -3.93. The summed E-state index contributed by atoms with van der Waals surface area (Å²) in [6.07, 6.45) is 1.89. The molecule has 2 aromatic rings. The van der Waals surface area contributed by atoms with Gasteiger partial charge in [0, 0.05) is 19.3 Å². The Morgan fingerprint density at radius 1 is 1.28 bits per heavy atom. The second-order valence-corrected chi connectivity index (χ2v) is 9.24. The maximum Gasteiger partial charge on any atom is 0.268 e. The van der Waals surface area contributed by atoms with Crippen molar-refractivity contribution in [3.05, 3.63) is 48.3 Å². The lowest BCUT2D eigenvalue weighted by Crippen LogP contribution is -2.45. The Morgan fingerprint density at radius 3 is 2.69 bits per heavy atom. The second kappa shape index (κ2) is 8.10. The van der Waals surface area contributed by atoms with Gasteiger partial charge in [-0.25, -0.2) is 8.42 Å². The number of nitrogens with one attached hydrogen (secondary N) is 1. The Bertz CT molecular complexity index is 992. The molecule has 0 bridgehead atoms. The van der Waals surface area contributed by atoms with Crippen LogP contribution in [0.4, 0.5) is 5.69 Å². The first-order valence-corrected chi connectivity index (χ1v) is 10.8. The summed E-state index contributed by atoms with van der Waals surface area (Å²) in [5, 5.41) is 11.9. The van der Waals surface area contributed by atoms with Gasteiger partial charge in [-0.3, -0.25) is 9.78 Å². The van der Waals surface area contributed by atoms with Crippen LogP contribution >= 0.6 is 0 Å². The van der Waals surface area contributed by atoms with Gasteiger partial charge in [0.15, 0.2) is 5.60 Å². The van der Waals surface area contributed by atoms with Crippen molar-refractivity contribution in [2.45, 2.75) is 43.7 Å². The Kier molecular flexibility index (Phi) is 5.92. The van der Waals surface area contributed by atoms with Gasteiger partial charge in [-0.15, -0.1) is 0 Å². The van der Waals surface area contributed by atoms with E-state index in [1.54, 1.807) is 51.2 Å². The van der Waals surface area contributed by atoms with Crippen LogP contribution in [0.1, 0.15) is 38.9 Å². The number of carbonyl (C=O) groups excluding carboxylic acids is 1. The molecule has 1 aromatic heterocycles. The average molecular weight is 420 g/mol. The standard InChI is InChI=1S/C20H25N3O5S/c1-14(16-7-4-5-10-21-16)23(11-6-12-24)29(26,27)15-8-9-18-17(13-15)22-19(25)20(2,3)28-18/h4-5,7-10,13-14,24H,6,11-12H2,1-3H3,(H,22,25)/t14-/m0/s1. The van der Waals surface area contributed by atoms with Crippen molar-refractivity contribution in [3.63, 3.8) is 0 Å². The molecule has 0 unspecified atom stereocenters. The summed E-state index contributed by atoms with van der Waals surface area (Å²) in [6, 6.07) is 9.18. The maximum atomic E-state index is 13.4. The molecule has 0 saturated carbocycles. The number of aromatic nitrogens is 1. The van der Waals surface area contributed by atoms with Gasteiger partial charge in [0.25, 0.3) is 5.91 Å². The molecule has 29 heavy (non-hydrogen) atoms. The van der Waals surface area contributed by atoms with E-state index in [9.17, 15) is 18.3 Å². The molecule has 0 fully saturated rings. The number of aliphatic hydroxyl groups is 1. The van der Waals surface area contributed by atoms with Gasteiger partial charge in [-0.2, -0.15) is 4.31 Å². The van der Waals surface area contributed by atoms with E-state index in [4.69, 9.17) is 4.74 Å². The molecular weight excluding hydrogens is 394 g/mol. The topological polar surface area (TPSA) is 109 Å². The van der Waals surface area contributed by atoms with Gasteiger partial charge in [0.1, 0.15) is 5.75 Å². The zero-order valence-corrected chi connectivity index (χ0v) is 17.4. The van der Waals surface area contributed by atoms with E-state index in [1.807, 2.05) is 0 Å². The van der Waals surface area contributed by atoms with Gasteiger partial charge < -0.3 is 15.2 Å². The van der Waals surface area contributed by atoms with E-state index in [0.717, 1.165) is 0 Å². The number of ether oxygens (including phenoxy) is 1. The molecule has 0 saturated heterocycles. The quantitative estimate of drug-likeness (QED) is 0.713. The maximum absolute atomic E-state index is 13.4. The largest absolute Gasteiger partial charge is 0.476 e. The van der Waals surface area contributed by atoms with Gasteiger partial charge in [0.05, 0.1) is 22.3 Å². The lowest BCUT2D eigenvalue weighted by Gasteiger charge is -2.32. The average Bonchev–Trinajstić information content (AvgIpc) is 2.69. The number of sulfonamides is 1. The lowest BCUT2D eigenvalue weighted by atomic mass is 10.1. The molecule has 0 radical (unpaired) electrons. The number of hydrogen-bond acceptors (Lipinski definition) is 6. The zero-order chi connectivity index (χ0) is 21.2. The van der Waals surface area contributed by atoms with Crippen LogP contribution in [-0.2, 0) is 14.8 Å². The minimum absolute atomic E-state index is 0.0283. The van der Waals surface area contributed by atoms with E-state index >= 15 is 0 Å². The van der Waals surface area contributed by atoms with Crippen LogP contribution in [0.15, 0.2) is 47.5 Å². The molecule has 2 N–H and O–H groups in total. The number of benzene rings is 1. The first-order valence-electron chi connectivity index (χ1n) is 9.35. The number of fused-ring (bicyclic) bond motifs is 1. The molecule has 0 spiro atoms. The fraction of sp³-hybridized carbons (Fsp3) is 0.400. The number of aliphatic hydroxyl groups excluding tert-OH is 1. The summed E-state index contributed by atoms with van der Waals surface area (Å²) in [7, 11) is -3.93. The van der Waals surface area contributed by atoms with Crippen LogP contribution in [0.25, 0.3) is 0 Å². The summed E-state index contributed by atoms with van der Waals surface area (Å²) >= 11 is 0. The van der Waals surface area contributed by atoms with Crippen LogP contribution in [0.3, 0.4) is 0 Å². The summed E-state index contributed by atoms with van der Waals surface area (Å²) in [6.45, 7) is 5.03. The molecule has 1 atom stereocenters. The highest BCUT2D eigenvalue weighted by atomic mass is 32.2. The van der Waals surface area contributed by atoms with Crippen molar-refractivity contribution >= 4 is 21.6 Å². The Hall–Kier alpha value is -2.49. The second-order valence-electron chi connectivity index (χ2n) is 7.35. The molecule has 8 nitrogen and oxygen atoms in total. The van der Waals surface area contributed by atoms with E-state index in [0.29, 0.717) is 17.1 Å². The van der Waals surface area contributed by atoms with Crippen molar-refractivity contribution in [1.29, 1.82) is 0 Å². The fourth-order valence-electron chi connectivity index (χ4n) is 3.10. The van der Waals surface area contributed by atoms with Crippen LogP contribution in [0.5, 0.6) is 5.75 Å². The highest BCUT2D eigenvalue weighted by Gasteiger charge is 2.37. The number of rotatable bonds is 7. The molecule has 9 heteroatoms. The predicted octanol–water partition coefficient (Wildman–Crippen LogP) is 2.33. The highest BCUT2D eigenvalue weighted by Crippen LogP contribution is 2.36. The number of pyridine rings is 1. The molecule has 3 rings (SSSR count). The van der Waals surface area contributed by atoms with Crippen molar-refractivity contribution < 1.29 is 23.1 Å². The van der Waals surface area contributed by atoms with Crippen molar-refractivity contribution in [3.8, 4) is 5.75 Å². The number of anilines is 1. The lowest BCUT2D eigenvalue weighted by molar-refractivity contribution is -0.129. The molecule has 156 valence electrons. The number of carbonyl (C=O) groups is 1. The molecule has 1 aliphatic rings. The summed E-state index contributed by atoms with van der Waals surface area (Å²) < 4.78 is 33.8. The molecular formula is C20H25N3O5S. The monoisotopic (exact) mass is 419 g/mol. The minimum Gasteiger partial charge on any atom is -0.476 e. The van der Waals surface area contributed by atoms with Crippen LogP contribution < -0.4 is 10.1 Å². The zero-order valence-electron chi connectivity index (χ0n) is 16.6. The SMILES string of the molecule is C[C@@H](c1ccccn1)N(CCCO)S(=O)(=O)c1ccc2c(c1)NC(=O)C(C)(C)O2. The summed E-state index contributed by atoms with van der Waals surface area (Å²) in [5.74, 6) is 0.0618. The normalized spacial score (nSPS) is 16.7. The number of nitrogens with zero attached hydrogens (tertiary/aromatic N) is 2. The third-order valence-corrected chi connectivity index (χ3v) is 6.77.